The number of rotatable bonds is 4. The number of carbonyl (C=O) groups is 1. The number of carbonyl (C=O) groups excluding carboxylic acids is 1. The van der Waals surface area contributed by atoms with Gasteiger partial charge in [0.25, 0.3) is 0 Å². The van der Waals surface area contributed by atoms with E-state index in [-0.39, 0.29) is 0 Å². The number of halogens is 2. The highest BCUT2D eigenvalue weighted by molar-refractivity contribution is 9.10. The number of nitriles is 1. The van der Waals surface area contributed by atoms with Crippen molar-refractivity contribution in [2.45, 2.75) is 0 Å². The van der Waals surface area contributed by atoms with E-state index in [1.54, 1.807) is 60.7 Å². The molecule has 132 valence electrons. The highest BCUT2D eigenvalue weighted by Crippen LogP contribution is 2.23. The molecule has 0 aliphatic heterocycles. The van der Waals surface area contributed by atoms with Gasteiger partial charge < -0.3 is 4.74 Å². The molecule has 3 rings (SSSR count). The molecule has 0 bridgehead atoms. The molecule has 0 saturated carbocycles. The van der Waals surface area contributed by atoms with Crippen LogP contribution in [-0.2, 0) is 0 Å². The average Bonchev–Trinajstić information content (AvgIpc) is 2.66. The van der Waals surface area contributed by atoms with Crippen LogP contribution in [0.2, 0.25) is 5.02 Å². The maximum Gasteiger partial charge on any atom is 0.343 e. The normalized spacial score (nSPS) is 10.9. The SMILES string of the molecule is N#C/C(=C/c1cccc(OC(=O)c2cccc(Br)c2)c1)c1cccc(Cl)c1. The summed E-state index contributed by atoms with van der Waals surface area (Å²) >= 11 is 9.34. The molecule has 0 radical (unpaired) electrons. The number of esters is 1. The zero-order chi connectivity index (χ0) is 19.2. The van der Waals surface area contributed by atoms with Gasteiger partial charge in [-0.15, -0.1) is 0 Å². The van der Waals surface area contributed by atoms with Crippen LogP contribution in [0.4, 0.5) is 0 Å². The Labute approximate surface area is 170 Å². The van der Waals surface area contributed by atoms with Crippen molar-refractivity contribution < 1.29 is 9.53 Å². The second kappa shape index (κ2) is 8.68. The molecule has 0 atom stereocenters. The Morgan fingerprint density at radius 2 is 1.74 bits per heavy atom. The van der Waals surface area contributed by atoms with E-state index in [2.05, 4.69) is 22.0 Å². The van der Waals surface area contributed by atoms with E-state index in [1.165, 1.54) is 0 Å². The van der Waals surface area contributed by atoms with Gasteiger partial charge in [-0.3, -0.25) is 0 Å². The predicted octanol–water partition coefficient (Wildman–Crippen LogP) is 6.39. The van der Waals surface area contributed by atoms with Crippen LogP contribution >= 0.6 is 27.5 Å². The van der Waals surface area contributed by atoms with Crippen molar-refractivity contribution in [3.63, 3.8) is 0 Å². The molecule has 0 amide bonds. The van der Waals surface area contributed by atoms with Crippen LogP contribution in [-0.4, -0.2) is 5.97 Å². The van der Waals surface area contributed by atoms with Crippen molar-refractivity contribution in [2.75, 3.05) is 0 Å². The van der Waals surface area contributed by atoms with Crippen LogP contribution in [0.25, 0.3) is 11.6 Å². The minimum Gasteiger partial charge on any atom is -0.423 e. The second-order valence-electron chi connectivity index (χ2n) is 5.65. The standard InChI is InChI=1S/C22H13BrClNO2/c23-19-7-2-6-17(12-19)22(26)27-21-9-1-4-15(11-21)10-18(14-25)16-5-3-8-20(24)13-16/h1-13H/b18-10-. The molecule has 0 N–H and O–H groups in total. The Morgan fingerprint density at radius 3 is 2.48 bits per heavy atom. The maximum atomic E-state index is 12.3. The zero-order valence-electron chi connectivity index (χ0n) is 14.0. The lowest BCUT2D eigenvalue weighted by Gasteiger charge is -2.06. The summed E-state index contributed by atoms with van der Waals surface area (Å²) in [6.07, 6.45) is 1.72. The Morgan fingerprint density at radius 1 is 1.00 bits per heavy atom. The predicted molar refractivity (Wildman–Crippen MR) is 110 cm³/mol. The molecule has 0 spiro atoms. The van der Waals surface area contributed by atoms with Crippen LogP contribution in [0.1, 0.15) is 21.5 Å². The Kier molecular flexibility index (Phi) is 6.08. The van der Waals surface area contributed by atoms with E-state index in [0.29, 0.717) is 21.9 Å². The number of benzene rings is 3. The first-order valence-electron chi connectivity index (χ1n) is 8.01. The highest BCUT2D eigenvalue weighted by atomic mass is 79.9. The van der Waals surface area contributed by atoms with Gasteiger partial charge in [-0.25, -0.2) is 4.79 Å². The summed E-state index contributed by atoms with van der Waals surface area (Å²) in [5, 5.41) is 10.0. The van der Waals surface area contributed by atoms with Crippen molar-refractivity contribution in [1.29, 1.82) is 5.26 Å². The summed E-state index contributed by atoms with van der Waals surface area (Å²) in [6, 6.07) is 23.2. The lowest BCUT2D eigenvalue weighted by atomic mass is 10.0. The van der Waals surface area contributed by atoms with E-state index in [1.807, 2.05) is 18.2 Å². The first kappa shape index (κ1) is 18.9. The average molecular weight is 439 g/mol. The van der Waals surface area contributed by atoms with Crippen molar-refractivity contribution in [3.8, 4) is 11.8 Å². The molecule has 27 heavy (non-hydrogen) atoms. The molecule has 0 heterocycles. The van der Waals surface area contributed by atoms with Gasteiger partial charge in [-0.1, -0.05) is 57.9 Å². The summed E-state index contributed by atoms with van der Waals surface area (Å²) in [7, 11) is 0. The van der Waals surface area contributed by atoms with Gasteiger partial charge in [-0.2, -0.15) is 5.26 Å². The van der Waals surface area contributed by atoms with Crippen LogP contribution in [0.5, 0.6) is 5.75 Å². The van der Waals surface area contributed by atoms with Crippen LogP contribution in [0, 0.1) is 11.3 Å². The molecule has 3 aromatic carbocycles. The second-order valence-corrected chi connectivity index (χ2v) is 7.00. The van der Waals surface area contributed by atoms with E-state index in [0.717, 1.165) is 15.6 Å². The highest BCUT2D eigenvalue weighted by Gasteiger charge is 2.09. The quantitative estimate of drug-likeness (QED) is 0.205. The number of nitrogens with zero attached hydrogens (tertiary/aromatic N) is 1. The summed E-state index contributed by atoms with van der Waals surface area (Å²) in [4.78, 5) is 12.3. The first-order chi connectivity index (χ1) is 13.0. The Bertz CT molecular complexity index is 1070. The third-order valence-electron chi connectivity index (χ3n) is 3.70. The Hall–Kier alpha value is -2.87. The van der Waals surface area contributed by atoms with Crippen molar-refractivity contribution in [3.05, 3.63) is 99.0 Å². The molecule has 0 unspecified atom stereocenters. The molecule has 0 aliphatic rings. The lowest BCUT2D eigenvalue weighted by molar-refractivity contribution is 0.0734. The van der Waals surface area contributed by atoms with Gasteiger partial charge in [0, 0.05) is 9.50 Å². The van der Waals surface area contributed by atoms with Gasteiger partial charge in [-0.05, 0) is 59.7 Å². The minimum absolute atomic E-state index is 0.400. The van der Waals surface area contributed by atoms with Crippen LogP contribution in [0.3, 0.4) is 0 Å². The van der Waals surface area contributed by atoms with Crippen molar-refractivity contribution in [2.24, 2.45) is 0 Å². The molecule has 0 fully saturated rings. The Balaban J connectivity index is 1.85. The molecular formula is C22H13BrClNO2. The summed E-state index contributed by atoms with van der Waals surface area (Å²) in [5.74, 6) is -0.0510. The fraction of sp³-hybridized carbons (Fsp3) is 0. The first-order valence-corrected chi connectivity index (χ1v) is 9.18. The van der Waals surface area contributed by atoms with Crippen LogP contribution in [0.15, 0.2) is 77.3 Å². The van der Waals surface area contributed by atoms with E-state index in [4.69, 9.17) is 16.3 Å². The van der Waals surface area contributed by atoms with E-state index < -0.39 is 5.97 Å². The fourth-order valence-corrected chi connectivity index (χ4v) is 3.04. The maximum absolute atomic E-state index is 12.3. The van der Waals surface area contributed by atoms with Gasteiger partial charge in [0.05, 0.1) is 17.2 Å². The zero-order valence-corrected chi connectivity index (χ0v) is 16.4. The summed E-state index contributed by atoms with van der Waals surface area (Å²) in [5.41, 5.74) is 2.38. The van der Waals surface area contributed by atoms with Gasteiger partial charge >= 0.3 is 5.97 Å². The molecule has 5 heteroatoms. The largest absolute Gasteiger partial charge is 0.423 e. The molecule has 0 saturated heterocycles. The van der Waals surface area contributed by atoms with Gasteiger partial charge in [0.15, 0.2) is 0 Å². The smallest absolute Gasteiger partial charge is 0.343 e. The number of hydrogen-bond donors (Lipinski definition) is 0. The number of allylic oxidation sites excluding steroid dienone is 1. The topological polar surface area (TPSA) is 50.1 Å². The molecule has 3 aromatic rings. The van der Waals surface area contributed by atoms with Gasteiger partial charge in [0.1, 0.15) is 5.75 Å². The molecular weight excluding hydrogens is 426 g/mol. The van der Waals surface area contributed by atoms with Gasteiger partial charge in [0.2, 0.25) is 0 Å². The summed E-state index contributed by atoms with van der Waals surface area (Å²) in [6.45, 7) is 0. The van der Waals surface area contributed by atoms with Crippen LogP contribution < -0.4 is 4.74 Å². The molecule has 0 aliphatic carbocycles. The lowest BCUT2D eigenvalue weighted by Crippen LogP contribution is -2.08. The minimum atomic E-state index is -0.451. The van der Waals surface area contributed by atoms with E-state index >= 15 is 0 Å². The number of hydrogen-bond acceptors (Lipinski definition) is 3. The third kappa shape index (κ3) is 5.07. The van der Waals surface area contributed by atoms with Crippen molar-refractivity contribution >= 4 is 45.1 Å². The summed E-state index contributed by atoms with van der Waals surface area (Å²) < 4.78 is 6.24. The third-order valence-corrected chi connectivity index (χ3v) is 4.42. The monoisotopic (exact) mass is 437 g/mol. The fourth-order valence-electron chi connectivity index (χ4n) is 2.45. The molecule has 3 nitrogen and oxygen atoms in total. The van der Waals surface area contributed by atoms with E-state index in [9.17, 15) is 10.1 Å². The molecule has 0 aromatic heterocycles. The number of ether oxygens (including phenoxy) is 1. The van der Waals surface area contributed by atoms with Crippen molar-refractivity contribution in [1.82, 2.24) is 0 Å².